The molecule has 0 N–H and O–H groups in total. The number of rotatable bonds is 6. The molecule has 0 saturated carbocycles. The van der Waals surface area contributed by atoms with Crippen LogP contribution in [0.3, 0.4) is 0 Å². The van der Waals surface area contributed by atoms with Crippen molar-refractivity contribution in [2.45, 2.75) is 32.1 Å². The standard InChI is InChI=1S/C16H23NO2/c18-16(17-11-13-19-14-12-17)10-6-2-5-9-15-7-3-1-4-8-15/h1,3-4,7-8H,2,5-6,9-14H2. The predicted molar refractivity (Wildman–Crippen MR) is 76.0 cm³/mol. The summed E-state index contributed by atoms with van der Waals surface area (Å²) >= 11 is 0. The van der Waals surface area contributed by atoms with E-state index in [-0.39, 0.29) is 0 Å². The van der Waals surface area contributed by atoms with E-state index in [1.54, 1.807) is 0 Å². The van der Waals surface area contributed by atoms with Crippen LogP contribution in [-0.4, -0.2) is 37.1 Å². The zero-order valence-corrected chi connectivity index (χ0v) is 11.5. The molecule has 1 aromatic rings. The summed E-state index contributed by atoms with van der Waals surface area (Å²) in [5, 5.41) is 0. The van der Waals surface area contributed by atoms with Gasteiger partial charge in [0.25, 0.3) is 0 Å². The zero-order valence-electron chi connectivity index (χ0n) is 11.5. The van der Waals surface area contributed by atoms with Crippen molar-refractivity contribution in [2.24, 2.45) is 0 Å². The molecule has 1 aliphatic heterocycles. The lowest BCUT2D eigenvalue weighted by Gasteiger charge is -2.26. The maximum Gasteiger partial charge on any atom is 0.222 e. The molecular weight excluding hydrogens is 238 g/mol. The Bertz CT molecular complexity index is 372. The highest BCUT2D eigenvalue weighted by Gasteiger charge is 2.15. The van der Waals surface area contributed by atoms with Gasteiger partial charge in [-0.15, -0.1) is 0 Å². The van der Waals surface area contributed by atoms with E-state index < -0.39 is 0 Å². The second-order valence-electron chi connectivity index (χ2n) is 5.04. The van der Waals surface area contributed by atoms with Crippen LogP contribution in [0.15, 0.2) is 30.3 Å². The van der Waals surface area contributed by atoms with Crippen molar-refractivity contribution in [1.82, 2.24) is 4.90 Å². The number of hydrogen-bond acceptors (Lipinski definition) is 2. The van der Waals surface area contributed by atoms with Crippen LogP contribution in [0, 0.1) is 0 Å². The zero-order chi connectivity index (χ0) is 13.3. The van der Waals surface area contributed by atoms with Crippen LogP contribution in [0.1, 0.15) is 31.2 Å². The number of carbonyl (C=O) groups is 1. The molecule has 1 saturated heterocycles. The van der Waals surface area contributed by atoms with E-state index in [2.05, 4.69) is 24.3 Å². The molecule has 1 amide bonds. The Kier molecular flexibility index (Phi) is 5.89. The van der Waals surface area contributed by atoms with Crippen molar-refractivity contribution in [3.05, 3.63) is 35.9 Å². The van der Waals surface area contributed by atoms with E-state index in [9.17, 15) is 4.79 Å². The van der Waals surface area contributed by atoms with E-state index >= 15 is 0 Å². The van der Waals surface area contributed by atoms with Crippen molar-refractivity contribution in [2.75, 3.05) is 26.3 Å². The Hall–Kier alpha value is -1.35. The fraction of sp³-hybridized carbons (Fsp3) is 0.562. The molecule has 0 bridgehead atoms. The molecule has 0 aliphatic carbocycles. The van der Waals surface area contributed by atoms with E-state index in [1.807, 2.05) is 11.0 Å². The normalized spacial score (nSPS) is 15.5. The van der Waals surface area contributed by atoms with Crippen LogP contribution >= 0.6 is 0 Å². The number of morpholine rings is 1. The van der Waals surface area contributed by atoms with Crippen molar-refractivity contribution in [3.63, 3.8) is 0 Å². The van der Waals surface area contributed by atoms with Crippen LogP contribution < -0.4 is 0 Å². The molecule has 2 rings (SSSR count). The maximum atomic E-state index is 11.9. The minimum absolute atomic E-state index is 0.294. The number of carbonyl (C=O) groups excluding carboxylic acids is 1. The van der Waals surface area contributed by atoms with E-state index in [0.29, 0.717) is 25.5 Å². The van der Waals surface area contributed by atoms with Crippen LogP contribution in [0.5, 0.6) is 0 Å². The third kappa shape index (κ3) is 5.03. The minimum Gasteiger partial charge on any atom is -0.378 e. The van der Waals surface area contributed by atoms with Crippen molar-refractivity contribution < 1.29 is 9.53 Å². The summed E-state index contributed by atoms with van der Waals surface area (Å²) in [6.45, 7) is 2.92. The Labute approximate surface area is 115 Å². The number of nitrogens with zero attached hydrogens (tertiary/aromatic N) is 1. The number of hydrogen-bond donors (Lipinski definition) is 0. The molecule has 1 heterocycles. The molecule has 3 nitrogen and oxygen atoms in total. The number of ether oxygens (including phenoxy) is 1. The Morgan fingerprint density at radius 1 is 1.05 bits per heavy atom. The maximum absolute atomic E-state index is 11.9. The largest absolute Gasteiger partial charge is 0.378 e. The summed E-state index contributed by atoms with van der Waals surface area (Å²) in [4.78, 5) is 13.8. The van der Waals surface area contributed by atoms with Crippen molar-refractivity contribution in [1.29, 1.82) is 0 Å². The summed E-state index contributed by atoms with van der Waals surface area (Å²) in [5.74, 6) is 0.294. The number of unbranched alkanes of at least 4 members (excludes halogenated alkanes) is 2. The first-order valence-electron chi connectivity index (χ1n) is 7.26. The van der Waals surface area contributed by atoms with Gasteiger partial charge in [-0.25, -0.2) is 0 Å². The molecule has 0 atom stereocenters. The van der Waals surface area contributed by atoms with Crippen LogP contribution in [0.4, 0.5) is 0 Å². The highest BCUT2D eigenvalue weighted by atomic mass is 16.5. The van der Waals surface area contributed by atoms with Gasteiger partial charge in [0, 0.05) is 19.5 Å². The summed E-state index contributed by atoms with van der Waals surface area (Å²) in [7, 11) is 0. The first-order valence-corrected chi connectivity index (χ1v) is 7.26. The number of amides is 1. The highest BCUT2D eigenvalue weighted by molar-refractivity contribution is 5.76. The lowest BCUT2D eigenvalue weighted by molar-refractivity contribution is -0.135. The highest BCUT2D eigenvalue weighted by Crippen LogP contribution is 2.09. The molecule has 0 unspecified atom stereocenters. The van der Waals surface area contributed by atoms with Gasteiger partial charge in [-0.05, 0) is 24.8 Å². The molecule has 3 heteroatoms. The number of benzene rings is 1. The molecule has 0 radical (unpaired) electrons. The molecule has 19 heavy (non-hydrogen) atoms. The Morgan fingerprint density at radius 3 is 2.53 bits per heavy atom. The van der Waals surface area contributed by atoms with E-state index in [4.69, 9.17) is 4.74 Å². The lowest BCUT2D eigenvalue weighted by atomic mass is 10.1. The lowest BCUT2D eigenvalue weighted by Crippen LogP contribution is -2.40. The summed E-state index contributed by atoms with van der Waals surface area (Å²) < 4.78 is 5.25. The third-order valence-electron chi connectivity index (χ3n) is 3.56. The average molecular weight is 261 g/mol. The molecule has 1 aromatic carbocycles. The monoisotopic (exact) mass is 261 g/mol. The first-order chi connectivity index (χ1) is 9.36. The fourth-order valence-corrected chi connectivity index (χ4v) is 2.40. The van der Waals surface area contributed by atoms with E-state index in [1.165, 1.54) is 12.0 Å². The van der Waals surface area contributed by atoms with Gasteiger partial charge < -0.3 is 9.64 Å². The van der Waals surface area contributed by atoms with Gasteiger partial charge in [-0.2, -0.15) is 0 Å². The van der Waals surface area contributed by atoms with Gasteiger partial charge in [0.05, 0.1) is 13.2 Å². The van der Waals surface area contributed by atoms with E-state index in [0.717, 1.165) is 32.4 Å². The van der Waals surface area contributed by atoms with Crippen LogP contribution in [-0.2, 0) is 16.0 Å². The predicted octanol–water partition coefficient (Wildman–Crippen LogP) is 2.65. The molecule has 0 aromatic heterocycles. The average Bonchev–Trinajstić information content (AvgIpc) is 2.49. The molecule has 0 spiro atoms. The first kappa shape index (κ1) is 14.1. The Balaban J connectivity index is 1.55. The summed E-state index contributed by atoms with van der Waals surface area (Å²) in [6.07, 6.45) is 5.11. The quantitative estimate of drug-likeness (QED) is 0.737. The summed E-state index contributed by atoms with van der Waals surface area (Å²) in [6, 6.07) is 10.5. The van der Waals surface area contributed by atoms with Crippen molar-refractivity contribution >= 4 is 5.91 Å². The SMILES string of the molecule is O=C(CCCCCc1ccccc1)N1CCOCC1. The molecular formula is C16H23NO2. The Morgan fingerprint density at radius 2 is 1.79 bits per heavy atom. The van der Waals surface area contributed by atoms with Gasteiger partial charge in [0.15, 0.2) is 0 Å². The van der Waals surface area contributed by atoms with Crippen molar-refractivity contribution in [3.8, 4) is 0 Å². The summed E-state index contributed by atoms with van der Waals surface area (Å²) in [5.41, 5.74) is 1.39. The molecule has 1 fully saturated rings. The second kappa shape index (κ2) is 7.95. The fourth-order valence-electron chi connectivity index (χ4n) is 2.40. The van der Waals surface area contributed by atoms with Gasteiger partial charge >= 0.3 is 0 Å². The van der Waals surface area contributed by atoms with Crippen LogP contribution in [0.25, 0.3) is 0 Å². The molecule has 1 aliphatic rings. The molecule has 104 valence electrons. The third-order valence-corrected chi connectivity index (χ3v) is 3.56. The smallest absolute Gasteiger partial charge is 0.222 e. The van der Waals surface area contributed by atoms with Gasteiger partial charge in [0.2, 0.25) is 5.91 Å². The van der Waals surface area contributed by atoms with Gasteiger partial charge in [-0.1, -0.05) is 36.8 Å². The second-order valence-corrected chi connectivity index (χ2v) is 5.04. The van der Waals surface area contributed by atoms with Crippen LogP contribution in [0.2, 0.25) is 0 Å². The topological polar surface area (TPSA) is 29.5 Å². The number of aryl methyl sites for hydroxylation is 1. The van der Waals surface area contributed by atoms with Gasteiger partial charge in [0.1, 0.15) is 0 Å². The van der Waals surface area contributed by atoms with Gasteiger partial charge in [-0.3, -0.25) is 4.79 Å². The minimum atomic E-state index is 0.294.